The van der Waals surface area contributed by atoms with Crippen molar-refractivity contribution in [1.29, 1.82) is 0 Å². The minimum atomic E-state index is 0.125. The van der Waals surface area contributed by atoms with Crippen molar-refractivity contribution in [3.05, 3.63) is 71.8 Å². The maximum Gasteiger partial charge on any atom is 0.136 e. The molecular formula is C23H22O. The van der Waals surface area contributed by atoms with Crippen molar-refractivity contribution < 1.29 is 4.42 Å². The van der Waals surface area contributed by atoms with Crippen molar-refractivity contribution >= 4 is 21.9 Å². The fourth-order valence-electron chi connectivity index (χ4n) is 3.17. The zero-order valence-electron chi connectivity index (χ0n) is 14.7. The first-order valence-electron chi connectivity index (χ1n) is 8.46. The predicted octanol–water partition coefficient (Wildman–Crippen LogP) is 6.86. The van der Waals surface area contributed by atoms with Crippen LogP contribution in [0.5, 0.6) is 0 Å². The smallest absolute Gasteiger partial charge is 0.136 e. The fraction of sp³-hybridized carbons (Fsp3) is 0.217. The second-order valence-corrected chi connectivity index (χ2v) is 7.64. The van der Waals surface area contributed by atoms with E-state index >= 15 is 0 Å². The van der Waals surface area contributed by atoms with Gasteiger partial charge in [0.2, 0.25) is 0 Å². The second kappa shape index (κ2) is 5.24. The Hall–Kier alpha value is -2.54. The molecule has 0 aliphatic rings. The molecule has 1 heteroatoms. The van der Waals surface area contributed by atoms with Gasteiger partial charge in [0.1, 0.15) is 11.2 Å². The third kappa shape index (κ3) is 2.50. The molecule has 0 N–H and O–H groups in total. The fourth-order valence-corrected chi connectivity index (χ4v) is 3.17. The summed E-state index contributed by atoms with van der Waals surface area (Å²) in [5.41, 5.74) is 7.04. The normalized spacial score (nSPS) is 12.2. The van der Waals surface area contributed by atoms with Crippen LogP contribution in [0.1, 0.15) is 31.9 Å². The second-order valence-electron chi connectivity index (χ2n) is 7.64. The summed E-state index contributed by atoms with van der Waals surface area (Å²) in [6, 6.07) is 21.7. The average molecular weight is 314 g/mol. The zero-order valence-corrected chi connectivity index (χ0v) is 14.7. The quantitative estimate of drug-likeness (QED) is 0.374. The van der Waals surface area contributed by atoms with Crippen molar-refractivity contribution in [2.24, 2.45) is 0 Å². The molecule has 0 bridgehead atoms. The van der Waals surface area contributed by atoms with Gasteiger partial charge in [-0.1, -0.05) is 68.8 Å². The Bertz CT molecular complexity index is 1030. The van der Waals surface area contributed by atoms with Crippen LogP contribution < -0.4 is 0 Å². The van der Waals surface area contributed by atoms with E-state index in [9.17, 15) is 0 Å². The van der Waals surface area contributed by atoms with Crippen molar-refractivity contribution in [3.63, 3.8) is 0 Å². The number of fused-ring (bicyclic) bond motifs is 3. The first-order chi connectivity index (χ1) is 11.4. The molecule has 1 heterocycles. The van der Waals surface area contributed by atoms with Crippen LogP contribution in [0.3, 0.4) is 0 Å². The Balaban J connectivity index is 1.88. The van der Waals surface area contributed by atoms with E-state index in [0.29, 0.717) is 0 Å². The van der Waals surface area contributed by atoms with Gasteiger partial charge in [0.25, 0.3) is 0 Å². The zero-order chi connectivity index (χ0) is 16.9. The van der Waals surface area contributed by atoms with Crippen LogP contribution in [0.4, 0.5) is 0 Å². The number of hydrogen-bond donors (Lipinski definition) is 0. The van der Waals surface area contributed by atoms with Crippen LogP contribution >= 0.6 is 0 Å². The maximum absolute atomic E-state index is 6.17. The average Bonchev–Trinajstić information content (AvgIpc) is 2.91. The highest BCUT2D eigenvalue weighted by molar-refractivity contribution is 6.06. The van der Waals surface area contributed by atoms with E-state index in [-0.39, 0.29) is 5.41 Å². The molecular weight excluding hydrogens is 292 g/mol. The molecule has 120 valence electrons. The maximum atomic E-state index is 6.17. The van der Waals surface area contributed by atoms with Crippen LogP contribution in [0, 0.1) is 6.92 Å². The molecule has 0 unspecified atom stereocenters. The lowest BCUT2D eigenvalue weighted by atomic mass is 9.87. The van der Waals surface area contributed by atoms with Crippen molar-refractivity contribution in [2.75, 3.05) is 0 Å². The minimum Gasteiger partial charge on any atom is -0.456 e. The lowest BCUT2D eigenvalue weighted by Crippen LogP contribution is -2.10. The number of furan rings is 1. The molecule has 4 rings (SSSR count). The third-order valence-corrected chi connectivity index (χ3v) is 4.72. The monoisotopic (exact) mass is 314 g/mol. The number of aryl methyl sites for hydroxylation is 1. The van der Waals surface area contributed by atoms with Gasteiger partial charge < -0.3 is 4.42 Å². The largest absolute Gasteiger partial charge is 0.456 e. The summed E-state index contributed by atoms with van der Waals surface area (Å²) in [5, 5.41) is 2.37. The molecule has 0 aliphatic carbocycles. The Labute approximate surface area is 142 Å². The molecule has 1 nitrogen and oxygen atoms in total. The van der Waals surface area contributed by atoms with E-state index < -0.39 is 0 Å². The first-order valence-corrected chi connectivity index (χ1v) is 8.46. The summed E-state index contributed by atoms with van der Waals surface area (Å²) >= 11 is 0. The van der Waals surface area contributed by atoms with Gasteiger partial charge in [-0.25, -0.2) is 0 Å². The topological polar surface area (TPSA) is 13.1 Å². The van der Waals surface area contributed by atoms with Crippen LogP contribution in [0.2, 0.25) is 0 Å². The van der Waals surface area contributed by atoms with Gasteiger partial charge in [-0.3, -0.25) is 0 Å². The van der Waals surface area contributed by atoms with Gasteiger partial charge in [-0.2, -0.15) is 0 Å². The lowest BCUT2D eigenvalue weighted by molar-refractivity contribution is 0.587. The summed E-state index contributed by atoms with van der Waals surface area (Å²) < 4.78 is 6.17. The van der Waals surface area contributed by atoms with Crippen LogP contribution in [-0.2, 0) is 5.41 Å². The molecule has 1 aromatic heterocycles. The molecule has 0 radical (unpaired) electrons. The van der Waals surface area contributed by atoms with Gasteiger partial charge in [-0.05, 0) is 47.2 Å². The van der Waals surface area contributed by atoms with Crippen molar-refractivity contribution in [2.45, 2.75) is 33.1 Å². The summed E-state index contributed by atoms with van der Waals surface area (Å²) in [4.78, 5) is 0. The molecule has 3 aromatic carbocycles. The van der Waals surface area contributed by atoms with E-state index in [1.54, 1.807) is 0 Å². The highest BCUT2D eigenvalue weighted by Crippen LogP contribution is 2.34. The van der Waals surface area contributed by atoms with Gasteiger partial charge in [0.15, 0.2) is 0 Å². The Morgan fingerprint density at radius 3 is 1.92 bits per heavy atom. The van der Waals surface area contributed by atoms with Crippen LogP contribution in [0.15, 0.2) is 65.1 Å². The Morgan fingerprint density at radius 1 is 0.667 bits per heavy atom. The Morgan fingerprint density at radius 2 is 1.25 bits per heavy atom. The first kappa shape index (κ1) is 15.0. The van der Waals surface area contributed by atoms with Gasteiger partial charge in [0.05, 0.1) is 0 Å². The van der Waals surface area contributed by atoms with E-state index in [1.165, 1.54) is 33.0 Å². The molecule has 0 atom stereocenters. The van der Waals surface area contributed by atoms with Crippen LogP contribution in [-0.4, -0.2) is 0 Å². The van der Waals surface area contributed by atoms with Crippen molar-refractivity contribution in [3.8, 4) is 11.1 Å². The molecule has 0 fully saturated rings. The minimum absolute atomic E-state index is 0.125. The van der Waals surface area contributed by atoms with E-state index in [0.717, 1.165) is 11.2 Å². The standard InChI is InChI=1S/C23H22O/c1-15-5-7-16(8-6-15)17-9-11-19-20-12-10-18(23(2,3)4)14-22(20)24-21(19)13-17/h5-14H,1-4H3. The summed E-state index contributed by atoms with van der Waals surface area (Å²) in [6.07, 6.45) is 0. The number of rotatable bonds is 1. The van der Waals surface area contributed by atoms with Gasteiger partial charge in [-0.15, -0.1) is 0 Å². The summed E-state index contributed by atoms with van der Waals surface area (Å²) in [7, 11) is 0. The highest BCUT2D eigenvalue weighted by atomic mass is 16.3. The van der Waals surface area contributed by atoms with E-state index in [1.807, 2.05) is 0 Å². The molecule has 0 aliphatic heterocycles. The predicted molar refractivity (Wildman–Crippen MR) is 103 cm³/mol. The third-order valence-electron chi connectivity index (χ3n) is 4.72. The molecule has 0 spiro atoms. The molecule has 24 heavy (non-hydrogen) atoms. The number of benzene rings is 3. The van der Waals surface area contributed by atoms with E-state index in [2.05, 4.69) is 88.4 Å². The lowest BCUT2D eigenvalue weighted by Gasteiger charge is -2.18. The van der Waals surface area contributed by atoms with Gasteiger partial charge >= 0.3 is 0 Å². The molecule has 0 amide bonds. The number of hydrogen-bond acceptors (Lipinski definition) is 1. The SMILES string of the molecule is Cc1ccc(-c2ccc3c(c2)oc2cc(C(C)(C)C)ccc23)cc1. The van der Waals surface area contributed by atoms with Crippen LogP contribution in [0.25, 0.3) is 33.1 Å². The summed E-state index contributed by atoms with van der Waals surface area (Å²) in [6.45, 7) is 8.80. The summed E-state index contributed by atoms with van der Waals surface area (Å²) in [5.74, 6) is 0. The highest BCUT2D eigenvalue weighted by Gasteiger charge is 2.16. The Kier molecular flexibility index (Phi) is 3.28. The molecule has 4 aromatic rings. The van der Waals surface area contributed by atoms with Gasteiger partial charge in [0, 0.05) is 10.8 Å². The van der Waals surface area contributed by atoms with Crippen molar-refractivity contribution in [1.82, 2.24) is 0 Å². The van der Waals surface area contributed by atoms with E-state index in [4.69, 9.17) is 4.42 Å². The molecule has 0 saturated heterocycles. The molecule has 0 saturated carbocycles.